The van der Waals surface area contributed by atoms with Crippen LogP contribution in [0, 0.1) is 12.7 Å². The topological polar surface area (TPSA) is 12.0 Å². The fourth-order valence-electron chi connectivity index (χ4n) is 2.35. The summed E-state index contributed by atoms with van der Waals surface area (Å²) in [6.07, 6.45) is 0.760. The van der Waals surface area contributed by atoms with Crippen molar-refractivity contribution in [2.75, 3.05) is 6.54 Å². The molecule has 1 N–H and O–H groups in total. The first-order valence-electron chi connectivity index (χ1n) is 6.84. The van der Waals surface area contributed by atoms with Gasteiger partial charge in [-0.05, 0) is 37.6 Å². The minimum absolute atomic E-state index is 0.0152. The number of hydrogen-bond acceptors (Lipinski definition) is 1. The second-order valence-electron chi connectivity index (χ2n) is 4.93. The van der Waals surface area contributed by atoms with Crippen LogP contribution in [0.15, 0.2) is 46.9 Å². The molecule has 0 bridgehead atoms. The number of benzene rings is 2. The molecule has 0 aliphatic carbocycles. The zero-order chi connectivity index (χ0) is 14.5. The summed E-state index contributed by atoms with van der Waals surface area (Å²) in [6.45, 7) is 4.84. The first-order valence-corrected chi connectivity index (χ1v) is 7.64. The van der Waals surface area contributed by atoms with Crippen LogP contribution in [0.1, 0.15) is 29.7 Å². The molecular formula is C17H19BrFN. The molecule has 2 aromatic carbocycles. The lowest BCUT2D eigenvalue weighted by molar-refractivity contribution is 0.509. The molecule has 1 nitrogen and oxygen atoms in total. The summed E-state index contributed by atoms with van der Waals surface area (Å²) < 4.78 is 15.2. The van der Waals surface area contributed by atoms with E-state index in [9.17, 15) is 4.39 Å². The van der Waals surface area contributed by atoms with Crippen molar-refractivity contribution in [3.8, 4) is 0 Å². The predicted octanol–water partition coefficient (Wildman–Crippen LogP) is 4.79. The van der Waals surface area contributed by atoms with E-state index in [4.69, 9.17) is 0 Å². The largest absolute Gasteiger partial charge is 0.310 e. The van der Waals surface area contributed by atoms with Crippen LogP contribution >= 0.6 is 15.9 Å². The summed E-state index contributed by atoms with van der Waals surface area (Å²) in [5, 5.41) is 3.38. The zero-order valence-electron chi connectivity index (χ0n) is 11.8. The number of nitrogens with one attached hydrogen (secondary N) is 1. The summed E-state index contributed by atoms with van der Waals surface area (Å²) in [5.41, 5.74) is 3.00. The van der Waals surface area contributed by atoms with E-state index < -0.39 is 0 Å². The van der Waals surface area contributed by atoms with E-state index in [0.29, 0.717) is 0 Å². The van der Waals surface area contributed by atoms with Crippen LogP contribution in [-0.4, -0.2) is 6.54 Å². The maximum absolute atomic E-state index is 14.1. The number of likely N-dealkylation sites (N-methyl/N-ethyl adjacent to an activating group) is 1. The first-order chi connectivity index (χ1) is 9.61. The highest BCUT2D eigenvalue weighted by molar-refractivity contribution is 9.10. The first kappa shape index (κ1) is 15.2. The van der Waals surface area contributed by atoms with Crippen molar-refractivity contribution in [3.63, 3.8) is 0 Å². The molecule has 2 rings (SSSR count). The third-order valence-electron chi connectivity index (χ3n) is 3.36. The highest BCUT2D eigenvalue weighted by atomic mass is 79.9. The van der Waals surface area contributed by atoms with Crippen molar-refractivity contribution >= 4 is 15.9 Å². The molecule has 0 fully saturated rings. The van der Waals surface area contributed by atoms with Gasteiger partial charge in [0.2, 0.25) is 0 Å². The molecule has 0 amide bonds. The molecule has 0 radical (unpaired) electrons. The average molecular weight is 336 g/mol. The minimum Gasteiger partial charge on any atom is -0.310 e. The molecule has 106 valence electrons. The van der Waals surface area contributed by atoms with Crippen molar-refractivity contribution in [3.05, 3.63) is 69.4 Å². The van der Waals surface area contributed by atoms with Crippen molar-refractivity contribution in [1.82, 2.24) is 5.32 Å². The lowest BCUT2D eigenvalue weighted by atomic mass is 9.97. The van der Waals surface area contributed by atoms with Crippen LogP contribution in [0.5, 0.6) is 0 Å². The molecule has 3 heteroatoms. The van der Waals surface area contributed by atoms with E-state index in [1.807, 2.05) is 38.1 Å². The van der Waals surface area contributed by atoms with Crippen LogP contribution in [-0.2, 0) is 6.42 Å². The molecule has 0 aliphatic heterocycles. The Morgan fingerprint density at radius 2 is 1.95 bits per heavy atom. The quantitative estimate of drug-likeness (QED) is 0.828. The van der Waals surface area contributed by atoms with Crippen molar-refractivity contribution in [2.45, 2.75) is 26.3 Å². The summed E-state index contributed by atoms with van der Waals surface area (Å²) in [7, 11) is 0. The Kier molecular flexibility index (Phi) is 5.32. The van der Waals surface area contributed by atoms with E-state index in [2.05, 4.69) is 27.3 Å². The third-order valence-corrected chi connectivity index (χ3v) is 4.13. The highest BCUT2D eigenvalue weighted by Gasteiger charge is 2.16. The van der Waals surface area contributed by atoms with E-state index in [1.165, 1.54) is 5.56 Å². The number of hydrogen-bond donors (Lipinski definition) is 1. The highest BCUT2D eigenvalue weighted by Crippen LogP contribution is 2.26. The molecule has 1 unspecified atom stereocenters. The molecule has 20 heavy (non-hydrogen) atoms. The Labute approximate surface area is 128 Å². The summed E-state index contributed by atoms with van der Waals surface area (Å²) >= 11 is 3.56. The van der Waals surface area contributed by atoms with Gasteiger partial charge in [-0.15, -0.1) is 0 Å². The molecule has 2 aromatic rings. The molecule has 0 saturated carbocycles. The fraction of sp³-hybridized carbons (Fsp3) is 0.294. The normalized spacial score (nSPS) is 12.4. The standard InChI is InChI=1S/C17H19BrFN/c1-3-20-17(11-13-6-4-5-7-15(13)18)14-10-12(2)8-9-16(14)19/h4-10,17,20H,3,11H2,1-2H3. The Morgan fingerprint density at radius 1 is 1.20 bits per heavy atom. The number of halogens is 2. The summed E-state index contributed by atoms with van der Waals surface area (Å²) in [6, 6.07) is 13.4. The molecule has 0 aliphatic rings. The van der Waals surface area contributed by atoms with Crippen LogP contribution in [0.2, 0.25) is 0 Å². The maximum atomic E-state index is 14.1. The van der Waals surface area contributed by atoms with Crippen LogP contribution in [0.25, 0.3) is 0 Å². The van der Waals surface area contributed by atoms with Gasteiger partial charge in [0.1, 0.15) is 5.82 Å². The number of aryl methyl sites for hydroxylation is 1. The molecule has 0 spiro atoms. The Balaban J connectivity index is 2.32. The summed E-state index contributed by atoms with van der Waals surface area (Å²) in [5.74, 6) is -0.145. The van der Waals surface area contributed by atoms with E-state index >= 15 is 0 Å². The molecule has 0 heterocycles. The Bertz CT molecular complexity index is 583. The zero-order valence-corrected chi connectivity index (χ0v) is 13.4. The van der Waals surface area contributed by atoms with E-state index in [1.54, 1.807) is 12.1 Å². The van der Waals surface area contributed by atoms with Crippen molar-refractivity contribution in [2.24, 2.45) is 0 Å². The van der Waals surface area contributed by atoms with Gasteiger partial charge in [-0.1, -0.05) is 58.7 Å². The monoisotopic (exact) mass is 335 g/mol. The van der Waals surface area contributed by atoms with Gasteiger partial charge in [0.15, 0.2) is 0 Å². The van der Waals surface area contributed by atoms with Crippen LogP contribution in [0.4, 0.5) is 4.39 Å². The van der Waals surface area contributed by atoms with Crippen LogP contribution < -0.4 is 5.32 Å². The molecule has 0 saturated heterocycles. The predicted molar refractivity (Wildman–Crippen MR) is 85.4 cm³/mol. The van der Waals surface area contributed by atoms with E-state index in [0.717, 1.165) is 28.6 Å². The van der Waals surface area contributed by atoms with Gasteiger partial charge >= 0.3 is 0 Å². The van der Waals surface area contributed by atoms with E-state index in [-0.39, 0.29) is 11.9 Å². The minimum atomic E-state index is -0.145. The average Bonchev–Trinajstić information content (AvgIpc) is 2.43. The number of rotatable bonds is 5. The Hall–Kier alpha value is -1.19. The smallest absolute Gasteiger partial charge is 0.128 e. The van der Waals surface area contributed by atoms with Gasteiger partial charge in [-0.2, -0.15) is 0 Å². The molecule has 0 aromatic heterocycles. The lowest BCUT2D eigenvalue weighted by Gasteiger charge is -2.20. The third kappa shape index (κ3) is 3.68. The molecule has 1 atom stereocenters. The fourth-order valence-corrected chi connectivity index (χ4v) is 2.80. The van der Waals surface area contributed by atoms with Crippen LogP contribution in [0.3, 0.4) is 0 Å². The lowest BCUT2D eigenvalue weighted by Crippen LogP contribution is -2.24. The van der Waals surface area contributed by atoms with Gasteiger partial charge in [-0.3, -0.25) is 0 Å². The summed E-state index contributed by atoms with van der Waals surface area (Å²) in [4.78, 5) is 0. The van der Waals surface area contributed by atoms with Gasteiger partial charge in [-0.25, -0.2) is 4.39 Å². The Morgan fingerprint density at radius 3 is 2.65 bits per heavy atom. The van der Waals surface area contributed by atoms with Gasteiger partial charge in [0.05, 0.1) is 0 Å². The van der Waals surface area contributed by atoms with Gasteiger partial charge in [0, 0.05) is 16.1 Å². The second-order valence-corrected chi connectivity index (χ2v) is 5.79. The maximum Gasteiger partial charge on any atom is 0.128 e. The second kappa shape index (κ2) is 7.00. The van der Waals surface area contributed by atoms with Crippen molar-refractivity contribution in [1.29, 1.82) is 0 Å². The van der Waals surface area contributed by atoms with Crippen molar-refractivity contribution < 1.29 is 4.39 Å². The van der Waals surface area contributed by atoms with Gasteiger partial charge < -0.3 is 5.32 Å². The SMILES string of the molecule is CCNC(Cc1ccccc1Br)c1cc(C)ccc1F. The van der Waals surface area contributed by atoms with Gasteiger partial charge in [0.25, 0.3) is 0 Å². The molecular weight excluding hydrogens is 317 g/mol.